The van der Waals surface area contributed by atoms with E-state index in [2.05, 4.69) is 4.99 Å². The average Bonchev–Trinajstić information content (AvgIpc) is 2.48. The van der Waals surface area contributed by atoms with Crippen molar-refractivity contribution in [3.05, 3.63) is 29.3 Å². The van der Waals surface area contributed by atoms with E-state index < -0.39 is 0 Å². The van der Waals surface area contributed by atoms with Gasteiger partial charge in [-0.15, -0.1) is 4.99 Å². The van der Waals surface area contributed by atoms with E-state index in [9.17, 15) is 4.79 Å². The van der Waals surface area contributed by atoms with Gasteiger partial charge in [0.1, 0.15) is 5.82 Å². The van der Waals surface area contributed by atoms with Crippen molar-refractivity contribution in [3.8, 4) is 0 Å². The Morgan fingerprint density at radius 3 is 2.93 bits per heavy atom. The number of hydrogen-bond donors (Lipinski definition) is 0. The lowest BCUT2D eigenvalue weighted by molar-refractivity contribution is 0.565. The third-order valence-electron chi connectivity index (χ3n) is 2.17. The van der Waals surface area contributed by atoms with E-state index in [0.29, 0.717) is 10.8 Å². The molecule has 0 atom stereocenters. The van der Waals surface area contributed by atoms with Gasteiger partial charge in [0.2, 0.25) is 6.08 Å². The fourth-order valence-corrected chi connectivity index (χ4v) is 1.69. The van der Waals surface area contributed by atoms with Crippen LogP contribution in [-0.4, -0.2) is 10.6 Å². The summed E-state index contributed by atoms with van der Waals surface area (Å²) in [5.41, 5.74) is 0.950. The first-order valence-electron chi connectivity index (χ1n) is 4.06. The molecule has 0 saturated carbocycles. The molecule has 0 aliphatic carbocycles. The van der Waals surface area contributed by atoms with Crippen LogP contribution < -0.4 is 0 Å². The van der Waals surface area contributed by atoms with Gasteiger partial charge < -0.3 is 4.57 Å². The Bertz CT molecular complexity index is 538. The number of rotatable bonds is 1. The van der Waals surface area contributed by atoms with Gasteiger partial charge in [0.05, 0.1) is 10.5 Å². The molecule has 0 fully saturated rings. The van der Waals surface area contributed by atoms with Gasteiger partial charge in [-0.25, -0.2) is 4.79 Å². The number of fused-ring (bicyclic) bond motifs is 1. The number of hydrogen-bond acceptors (Lipinski definition) is 2. The van der Waals surface area contributed by atoms with Crippen LogP contribution in [0.25, 0.3) is 10.9 Å². The predicted molar refractivity (Wildman–Crippen MR) is 55.7 cm³/mol. The summed E-state index contributed by atoms with van der Waals surface area (Å²) in [7, 11) is 1.83. The summed E-state index contributed by atoms with van der Waals surface area (Å²) in [6.07, 6.45) is 1.52. The quantitative estimate of drug-likeness (QED) is 0.522. The van der Waals surface area contributed by atoms with Crippen LogP contribution in [0.1, 0.15) is 0 Å². The molecule has 0 N–H and O–H groups in total. The lowest BCUT2D eigenvalue weighted by Gasteiger charge is -1.97. The van der Waals surface area contributed by atoms with Gasteiger partial charge in [0, 0.05) is 12.4 Å². The number of halogens is 1. The Balaban J connectivity index is 2.85. The van der Waals surface area contributed by atoms with Gasteiger partial charge in [-0.3, -0.25) is 0 Å². The first kappa shape index (κ1) is 9.00. The number of isocyanates is 1. The maximum Gasteiger partial charge on any atom is 0.242 e. The Kier molecular flexibility index (Phi) is 2.12. The first-order valence-corrected chi connectivity index (χ1v) is 4.43. The maximum atomic E-state index is 10.2. The van der Waals surface area contributed by atoms with Crippen molar-refractivity contribution >= 4 is 34.4 Å². The number of nitrogens with zero attached hydrogens (tertiary/aromatic N) is 2. The van der Waals surface area contributed by atoms with Crippen LogP contribution in [0, 0.1) is 0 Å². The van der Waals surface area contributed by atoms with Crippen molar-refractivity contribution in [3.63, 3.8) is 0 Å². The number of aromatic nitrogens is 1. The number of benzene rings is 1. The lowest BCUT2D eigenvalue weighted by Crippen LogP contribution is -1.85. The topological polar surface area (TPSA) is 34.4 Å². The summed E-state index contributed by atoms with van der Waals surface area (Å²) in [5.74, 6) is 0.558. The molecule has 2 rings (SSSR count). The van der Waals surface area contributed by atoms with E-state index in [-0.39, 0.29) is 0 Å². The highest BCUT2D eigenvalue weighted by Crippen LogP contribution is 2.29. The van der Waals surface area contributed by atoms with Gasteiger partial charge in [0.15, 0.2) is 0 Å². The molecule has 0 aliphatic heterocycles. The van der Waals surface area contributed by atoms with Crippen LogP contribution in [0.3, 0.4) is 0 Å². The standard InChI is InChI=1S/C10H7ClN2O/c1-13-9-4-2-3-8(11)7(9)5-10(13)12-6-14/h2-5H,1H3. The zero-order chi connectivity index (χ0) is 10.1. The molecule has 0 radical (unpaired) electrons. The molecule has 3 nitrogen and oxygen atoms in total. The van der Waals surface area contributed by atoms with Crippen molar-refractivity contribution in [1.29, 1.82) is 0 Å². The number of aryl methyl sites for hydroxylation is 1. The molecule has 0 aliphatic rings. The molecular formula is C10H7ClN2O. The van der Waals surface area contributed by atoms with Crippen molar-refractivity contribution in [1.82, 2.24) is 4.57 Å². The molecule has 1 heterocycles. The highest BCUT2D eigenvalue weighted by atomic mass is 35.5. The molecule has 1 aromatic heterocycles. The van der Waals surface area contributed by atoms with Crippen molar-refractivity contribution in [2.75, 3.05) is 0 Å². The lowest BCUT2D eigenvalue weighted by atomic mass is 10.2. The smallest absolute Gasteiger partial charge is 0.242 e. The monoisotopic (exact) mass is 206 g/mol. The van der Waals surface area contributed by atoms with Gasteiger partial charge >= 0.3 is 0 Å². The van der Waals surface area contributed by atoms with E-state index in [0.717, 1.165) is 10.9 Å². The van der Waals surface area contributed by atoms with Crippen LogP contribution in [0.15, 0.2) is 29.3 Å². The van der Waals surface area contributed by atoms with Crippen LogP contribution in [0.2, 0.25) is 5.02 Å². The molecule has 14 heavy (non-hydrogen) atoms. The largest absolute Gasteiger partial charge is 0.328 e. The van der Waals surface area contributed by atoms with Crippen LogP contribution in [0.4, 0.5) is 5.82 Å². The summed E-state index contributed by atoms with van der Waals surface area (Å²) in [5, 5.41) is 1.55. The molecule has 0 bridgehead atoms. The van der Waals surface area contributed by atoms with Gasteiger partial charge in [-0.1, -0.05) is 17.7 Å². The summed E-state index contributed by atoms with van der Waals surface area (Å²) in [6.45, 7) is 0. The van der Waals surface area contributed by atoms with E-state index in [1.165, 1.54) is 6.08 Å². The van der Waals surface area contributed by atoms with Crippen molar-refractivity contribution in [2.45, 2.75) is 0 Å². The third-order valence-corrected chi connectivity index (χ3v) is 2.50. The second-order valence-corrected chi connectivity index (χ2v) is 3.34. The molecule has 2 aromatic rings. The molecule has 1 aromatic carbocycles. The summed E-state index contributed by atoms with van der Waals surface area (Å²) >= 11 is 5.99. The molecule has 0 amide bonds. The molecular weight excluding hydrogens is 200 g/mol. The second kappa shape index (κ2) is 3.29. The average molecular weight is 207 g/mol. The van der Waals surface area contributed by atoms with Crippen molar-refractivity contribution < 1.29 is 4.79 Å². The normalized spacial score (nSPS) is 10.1. The highest BCUT2D eigenvalue weighted by molar-refractivity contribution is 6.35. The molecule has 0 spiro atoms. The fourth-order valence-electron chi connectivity index (χ4n) is 1.46. The zero-order valence-electron chi connectivity index (χ0n) is 7.49. The number of aliphatic imine (C=N–C) groups is 1. The van der Waals surface area contributed by atoms with Gasteiger partial charge in [-0.05, 0) is 18.2 Å². The minimum absolute atomic E-state index is 0.558. The van der Waals surface area contributed by atoms with Crippen LogP contribution in [0.5, 0.6) is 0 Å². The van der Waals surface area contributed by atoms with E-state index in [1.807, 2.05) is 19.2 Å². The van der Waals surface area contributed by atoms with E-state index in [4.69, 9.17) is 11.6 Å². The maximum absolute atomic E-state index is 10.2. The Morgan fingerprint density at radius 1 is 1.50 bits per heavy atom. The summed E-state index contributed by atoms with van der Waals surface area (Å²) < 4.78 is 1.80. The van der Waals surface area contributed by atoms with E-state index >= 15 is 0 Å². The molecule has 0 unspecified atom stereocenters. The van der Waals surface area contributed by atoms with Gasteiger partial charge in [-0.2, -0.15) is 0 Å². The number of carbonyl (C=O) groups excluding carboxylic acids is 1. The SMILES string of the molecule is Cn1c(N=C=O)cc2c(Cl)cccc21. The minimum atomic E-state index is 0.558. The Hall–Kier alpha value is -1.57. The van der Waals surface area contributed by atoms with Crippen LogP contribution in [-0.2, 0) is 11.8 Å². The van der Waals surface area contributed by atoms with E-state index in [1.54, 1.807) is 16.7 Å². The summed E-state index contributed by atoms with van der Waals surface area (Å²) in [4.78, 5) is 13.7. The molecule has 4 heteroatoms. The zero-order valence-corrected chi connectivity index (χ0v) is 8.25. The van der Waals surface area contributed by atoms with Crippen LogP contribution >= 0.6 is 11.6 Å². The van der Waals surface area contributed by atoms with Crippen molar-refractivity contribution in [2.24, 2.45) is 12.0 Å². The fraction of sp³-hybridized carbons (Fsp3) is 0.100. The minimum Gasteiger partial charge on any atom is -0.328 e. The Labute approximate surface area is 85.6 Å². The third kappa shape index (κ3) is 1.23. The predicted octanol–water partition coefficient (Wildman–Crippen LogP) is 2.80. The van der Waals surface area contributed by atoms with Gasteiger partial charge in [0.25, 0.3) is 0 Å². The highest BCUT2D eigenvalue weighted by Gasteiger charge is 2.06. The Morgan fingerprint density at radius 2 is 2.29 bits per heavy atom. The summed E-state index contributed by atoms with van der Waals surface area (Å²) in [6, 6.07) is 7.35. The molecule has 0 saturated heterocycles. The first-order chi connectivity index (χ1) is 6.74. The molecule has 70 valence electrons. The second-order valence-electron chi connectivity index (χ2n) is 2.94.